The molecule has 1 aliphatic heterocycles. The van der Waals surface area contributed by atoms with Crippen molar-refractivity contribution in [3.63, 3.8) is 0 Å². The first-order chi connectivity index (χ1) is 13.1. The average molecular weight is 391 g/mol. The molecule has 28 heavy (non-hydrogen) atoms. The molecule has 3 N–H and O–H groups in total. The van der Waals surface area contributed by atoms with Crippen molar-refractivity contribution in [2.75, 3.05) is 11.1 Å². The smallest absolute Gasteiger partial charge is 0.383 e. The molecule has 3 aromatic rings. The van der Waals surface area contributed by atoms with Crippen molar-refractivity contribution in [1.82, 2.24) is 24.6 Å². The highest BCUT2D eigenvalue weighted by Crippen LogP contribution is 2.40. The van der Waals surface area contributed by atoms with Crippen LogP contribution in [0.4, 0.5) is 24.8 Å². The number of imidazole rings is 1. The maximum Gasteiger partial charge on any atom is 0.389 e. The number of nitrogens with zero attached hydrogens (tertiary/aromatic N) is 5. The number of carbonyl (C=O) groups excluding carboxylic acids is 1. The van der Waals surface area contributed by atoms with E-state index < -0.39 is 18.0 Å². The van der Waals surface area contributed by atoms with Crippen molar-refractivity contribution in [2.24, 2.45) is 0 Å². The SMILES string of the molecule is CC1(C)C(=O)Nc2nc(-c3nc(CCC(F)(F)F)n4ncccc34)nc(N)c21. The van der Waals surface area contributed by atoms with Gasteiger partial charge >= 0.3 is 6.18 Å². The Kier molecular flexibility index (Phi) is 3.81. The van der Waals surface area contributed by atoms with Gasteiger partial charge in [-0.25, -0.2) is 19.5 Å². The number of nitrogen functional groups attached to an aromatic ring is 1. The third kappa shape index (κ3) is 2.83. The Balaban J connectivity index is 1.84. The number of hydrogen-bond donors (Lipinski definition) is 2. The maximum atomic E-state index is 12.6. The zero-order chi connectivity index (χ0) is 20.3. The minimum absolute atomic E-state index is 0.109. The molecule has 0 unspecified atom stereocenters. The Morgan fingerprint density at radius 3 is 2.71 bits per heavy atom. The molecule has 0 atom stereocenters. The summed E-state index contributed by atoms with van der Waals surface area (Å²) in [4.78, 5) is 25.1. The first-order valence-electron chi connectivity index (χ1n) is 8.47. The van der Waals surface area contributed by atoms with Crippen molar-refractivity contribution in [1.29, 1.82) is 0 Å². The van der Waals surface area contributed by atoms with Crippen molar-refractivity contribution >= 4 is 23.1 Å². The van der Waals surface area contributed by atoms with E-state index in [-0.39, 0.29) is 41.3 Å². The van der Waals surface area contributed by atoms with Crippen LogP contribution in [0.15, 0.2) is 18.3 Å². The van der Waals surface area contributed by atoms with Crippen LogP contribution in [0.5, 0.6) is 0 Å². The van der Waals surface area contributed by atoms with Gasteiger partial charge in [0.2, 0.25) is 5.91 Å². The number of aromatic nitrogens is 5. The highest BCUT2D eigenvalue weighted by atomic mass is 19.4. The maximum absolute atomic E-state index is 12.6. The molecule has 0 saturated heterocycles. The van der Waals surface area contributed by atoms with Gasteiger partial charge in [0.05, 0.1) is 22.9 Å². The van der Waals surface area contributed by atoms with E-state index in [9.17, 15) is 18.0 Å². The quantitative estimate of drug-likeness (QED) is 0.710. The summed E-state index contributed by atoms with van der Waals surface area (Å²) >= 11 is 0. The Morgan fingerprint density at radius 2 is 2.00 bits per heavy atom. The number of rotatable bonds is 3. The van der Waals surface area contributed by atoms with Crippen LogP contribution in [-0.2, 0) is 16.6 Å². The number of hydrogen-bond acceptors (Lipinski definition) is 6. The summed E-state index contributed by atoms with van der Waals surface area (Å²) < 4.78 is 39.3. The number of alkyl halides is 3. The third-order valence-electron chi connectivity index (χ3n) is 4.68. The predicted octanol–water partition coefficient (Wildman–Crippen LogP) is 2.49. The summed E-state index contributed by atoms with van der Waals surface area (Å²) in [7, 11) is 0. The van der Waals surface area contributed by atoms with Gasteiger partial charge in [0.15, 0.2) is 5.82 Å². The number of nitrogens with one attached hydrogen (secondary N) is 1. The lowest BCUT2D eigenvalue weighted by Gasteiger charge is -2.15. The zero-order valence-corrected chi connectivity index (χ0v) is 15.0. The second-order valence-electron chi connectivity index (χ2n) is 7.05. The molecule has 0 bridgehead atoms. The molecule has 0 aromatic carbocycles. The minimum atomic E-state index is -4.31. The van der Waals surface area contributed by atoms with Crippen LogP contribution in [-0.4, -0.2) is 36.6 Å². The topological polar surface area (TPSA) is 111 Å². The van der Waals surface area contributed by atoms with Crippen LogP contribution in [0.3, 0.4) is 0 Å². The molecule has 11 heteroatoms. The van der Waals surface area contributed by atoms with Crippen LogP contribution in [0.2, 0.25) is 0 Å². The fourth-order valence-electron chi connectivity index (χ4n) is 3.24. The van der Waals surface area contributed by atoms with Gasteiger partial charge in [0.25, 0.3) is 0 Å². The van der Waals surface area contributed by atoms with Crippen molar-refractivity contribution < 1.29 is 18.0 Å². The summed E-state index contributed by atoms with van der Waals surface area (Å²) in [6.45, 7) is 3.41. The molecule has 4 rings (SSSR count). The van der Waals surface area contributed by atoms with Gasteiger partial charge in [-0.3, -0.25) is 4.79 Å². The van der Waals surface area contributed by atoms with Crippen LogP contribution in [0.1, 0.15) is 31.7 Å². The molecule has 3 aromatic heterocycles. The van der Waals surface area contributed by atoms with E-state index in [0.29, 0.717) is 11.1 Å². The zero-order valence-electron chi connectivity index (χ0n) is 15.0. The Hall–Kier alpha value is -3.24. The van der Waals surface area contributed by atoms with Crippen LogP contribution >= 0.6 is 0 Å². The standard InChI is InChI=1S/C17H16F3N7O/c1-16(2)10-12(21)24-14(25-13(10)26-15(16)28)11-8-4-3-7-22-27(8)9(23-11)5-6-17(18,19)20/h3-4,7H,5-6H2,1-2H3,(H3,21,24,25,26,28). The highest BCUT2D eigenvalue weighted by molar-refractivity contribution is 6.06. The number of amides is 1. The number of anilines is 2. The van der Waals surface area contributed by atoms with Gasteiger partial charge in [-0.05, 0) is 26.0 Å². The second-order valence-corrected chi connectivity index (χ2v) is 7.05. The second kappa shape index (κ2) is 5.88. The van der Waals surface area contributed by atoms with Gasteiger partial charge < -0.3 is 11.1 Å². The monoisotopic (exact) mass is 391 g/mol. The third-order valence-corrected chi connectivity index (χ3v) is 4.68. The lowest BCUT2D eigenvalue weighted by Crippen LogP contribution is -2.27. The normalized spacial score (nSPS) is 15.7. The van der Waals surface area contributed by atoms with E-state index in [0.717, 1.165) is 0 Å². The highest BCUT2D eigenvalue weighted by Gasteiger charge is 2.42. The van der Waals surface area contributed by atoms with E-state index >= 15 is 0 Å². The Labute approximate surface area is 157 Å². The van der Waals surface area contributed by atoms with Gasteiger partial charge in [0.1, 0.15) is 23.2 Å². The first-order valence-corrected chi connectivity index (χ1v) is 8.47. The van der Waals surface area contributed by atoms with Crippen LogP contribution in [0.25, 0.3) is 17.0 Å². The van der Waals surface area contributed by atoms with Crippen molar-refractivity contribution in [3.05, 3.63) is 29.7 Å². The average Bonchev–Trinajstić information content (AvgIpc) is 3.08. The molecular weight excluding hydrogens is 375 g/mol. The summed E-state index contributed by atoms with van der Waals surface area (Å²) in [6.07, 6.45) is -4.23. The number of nitrogens with two attached hydrogens (primary N) is 1. The van der Waals surface area contributed by atoms with E-state index in [1.54, 1.807) is 26.0 Å². The minimum Gasteiger partial charge on any atom is -0.383 e. The number of fused-ring (bicyclic) bond motifs is 2. The molecule has 146 valence electrons. The Morgan fingerprint density at radius 1 is 1.25 bits per heavy atom. The molecule has 0 radical (unpaired) electrons. The molecule has 4 heterocycles. The Bertz CT molecular complexity index is 1100. The van der Waals surface area contributed by atoms with Crippen molar-refractivity contribution in [3.8, 4) is 11.5 Å². The summed E-state index contributed by atoms with van der Waals surface area (Å²) in [5.74, 6) is 0.375. The number of halogens is 3. The molecular formula is C17H16F3N7O. The van der Waals surface area contributed by atoms with Crippen molar-refractivity contribution in [2.45, 2.75) is 38.3 Å². The van der Waals surface area contributed by atoms with E-state index in [1.807, 2.05) is 0 Å². The molecule has 0 spiro atoms. The van der Waals surface area contributed by atoms with E-state index in [4.69, 9.17) is 5.73 Å². The molecule has 1 amide bonds. The fraction of sp³-hybridized carbons (Fsp3) is 0.353. The molecule has 1 aliphatic rings. The summed E-state index contributed by atoms with van der Waals surface area (Å²) in [6, 6.07) is 3.29. The lowest BCUT2D eigenvalue weighted by atomic mass is 9.87. The van der Waals surface area contributed by atoms with Gasteiger partial charge in [-0.1, -0.05) is 0 Å². The number of carbonyl (C=O) groups is 1. The van der Waals surface area contributed by atoms with Gasteiger partial charge in [0, 0.05) is 12.6 Å². The van der Waals surface area contributed by atoms with E-state index in [1.165, 1.54) is 10.7 Å². The van der Waals surface area contributed by atoms with E-state index in [2.05, 4.69) is 25.4 Å². The lowest BCUT2D eigenvalue weighted by molar-refractivity contribution is -0.134. The van der Waals surface area contributed by atoms with Gasteiger partial charge in [-0.2, -0.15) is 18.3 Å². The number of aryl methyl sites for hydroxylation is 1. The predicted molar refractivity (Wildman–Crippen MR) is 94.5 cm³/mol. The summed E-state index contributed by atoms with van der Waals surface area (Å²) in [5, 5.41) is 6.76. The van der Waals surface area contributed by atoms with Crippen LogP contribution in [0, 0.1) is 0 Å². The largest absolute Gasteiger partial charge is 0.389 e. The summed E-state index contributed by atoms with van der Waals surface area (Å²) in [5.41, 5.74) is 6.37. The van der Waals surface area contributed by atoms with Crippen LogP contribution < -0.4 is 11.1 Å². The van der Waals surface area contributed by atoms with Gasteiger partial charge in [-0.15, -0.1) is 0 Å². The molecule has 0 fully saturated rings. The molecule has 0 aliphatic carbocycles. The molecule has 0 saturated carbocycles. The fourth-order valence-corrected chi connectivity index (χ4v) is 3.24. The first kappa shape index (κ1) is 18.1. The molecule has 8 nitrogen and oxygen atoms in total.